The molecule has 0 aliphatic heterocycles. The Morgan fingerprint density at radius 2 is 0.438 bits per heavy atom. The van der Waals surface area contributed by atoms with Crippen LogP contribution in [-0.4, -0.2) is 96.7 Å². The Bertz CT molecular complexity index is 2000. The predicted octanol–water partition coefficient (Wildman–Crippen LogP) is 26.4. The lowest BCUT2D eigenvalue weighted by molar-refractivity contribution is -0.161. The molecule has 0 heterocycles. The van der Waals surface area contributed by atoms with Crippen LogP contribution < -0.4 is 0 Å². The second-order valence-electron chi connectivity index (χ2n) is 31.4. The lowest BCUT2D eigenvalue weighted by Crippen LogP contribution is -2.30. The largest absolute Gasteiger partial charge is 0.472 e. The number of carbonyl (C=O) groups is 4. The van der Waals surface area contributed by atoms with E-state index < -0.39 is 97.5 Å². The minimum absolute atomic E-state index is 0.108. The van der Waals surface area contributed by atoms with Crippen LogP contribution in [0, 0.1) is 5.92 Å². The molecule has 5 atom stereocenters. The highest BCUT2D eigenvalue weighted by atomic mass is 31.2. The number of phosphoric ester groups is 2. The standard InChI is InChI=1S/C86H168O17P2/c1-6-9-12-15-18-21-24-26-28-30-32-34-36-38-42-46-51-56-61-66-71-85(90)103-82(76-97-84(89)70-65-60-55-50-45-41-37-35-33-31-29-27-25-22-19-16-13-10-7-2)78-101-105(94,95)99-74-80(87)73-98-104(92,93)100-77-81(75-96-83(88)69-64-59-54-49-23-20-17-14-11-8-3)102-86(91)72-67-62-57-52-47-43-39-40-44-48-53-58-63-68-79(4)5/h79-82,87H,6-78H2,1-5H3,(H,92,93)(H,94,95)/t80-,81+,82+/m0/s1. The van der Waals surface area contributed by atoms with Crippen LogP contribution in [0.5, 0.6) is 0 Å². The van der Waals surface area contributed by atoms with Crippen LogP contribution in [0.3, 0.4) is 0 Å². The van der Waals surface area contributed by atoms with Gasteiger partial charge in [0.1, 0.15) is 19.3 Å². The molecule has 0 spiro atoms. The number of unbranched alkanes of at least 4 members (excludes halogenated alkanes) is 58. The smallest absolute Gasteiger partial charge is 0.462 e. The van der Waals surface area contributed by atoms with Crippen molar-refractivity contribution in [2.24, 2.45) is 5.92 Å². The summed E-state index contributed by atoms with van der Waals surface area (Å²) in [5.41, 5.74) is 0. The van der Waals surface area contributed by atoms with Crippen molar-refractivity contribution in [2.75, 3.05) is 39.6 Å². The number of hydrogen-bond acceptors (Lipinski definition) is 15. The minimum atomic E-state index is -4.97. The van der Waals surface area contributed by atoms with Crippen molar-refractivity contribution in [3.05, 3.63) is 0 Å². The zero-order valence-corrected chi connectivity index (χ0v) is 70.7. The maximum absolute atomic E-state index is 13.1. The van der Waals surface area contributed by atoms with E-state index in [0.29, 0.717) is 25.7 Å². The molecule has 0 saturated carbocycles. The third-order valence-electron chi connectivity index (χ3n) is 20.3. The molecule has 3 N–H and O–H groups in total. The Morgan fingerprint density at radius 3 is 0.648 bits per heavy atom. The fourth-order valence-corrected chi connectivity index (χ4v) is 15.1. The summed E-state index contributed by atoms with van der Waals surface area (Å²) >= 11 is 0. The molecular weight excluding hydrogens is 1370 g/mol. The van der Waals surface area contributed by atoms with Gasteiger partial charge in [0.15, 0.2) is 12.2 Å². The van der Waals surface area contributed by atoms with E-state index in [1.807, 2.05) is 0 Å². The first-order chi connectivity index (χ1) is 51.0. The Kier molecular flexibility index (Phi) is 77.3. The number of aliphatic hydroxyl groups is 1. The fourth-order valence-electron chi connectivity index (χ4n) is 13.5. The van der Waals surface area contributed by atoms with Crippen molar-refractivity contribution in [3.63, 3.8) is 0 Å². The predicted molar refractivity (Wildman–Crippen MR) is 432 cm³/mol. The molecule has 0 rings (SSSR count). The van der Waals surface area contributed by atoms with Gasteiger partial charge in [0, 0.05) is 25.7 Å². The third-order valence-corrected chi connectivity index (χ3v) is 22.2. The monoisotopic (exact) mass is 1540 g/mol. The minimum Gasteiger partial charge on any atom is -0.462 e. The van der Waals surface area contributed by atoms with Crippen LogP contribution in [0.1, 0.15) is 465 Å². The zero-order chi connectivity index (χ0) is 76.9. The summed E-state index contributed by atoms with van der Waals surface area (Å²) in [6.07, 6.45) is 72.2. The highest BCUT2D eigenvalue weighted by Gasteiger charge is 2.30. The molecule has 0 fully saturated rings. The Hall–Kier alpha value is -1.94. The molecule has 17 nitrogen and oxygen atoms in total. The normalized spacial score (nSPS) is 13.8. The van der Waals surface area contributed by atoms with E-state index in [2.05, 4.69) is 34.6 Å². The zero-order valence-electron chi connectivity index (χ0n) is 68.9. The molecule has 105 heavy (non-hydrogen) atoms. The SMILES string of the molecule is CCCCCCCCCCCCCCCCCCCCCCC(=O)O[C@H](COC(=O)CCCCCCCCCCCCCCCCCCCCC)COP(=O)(O)OC[C@@H](O)COP(=O)(O)OC[C@@H](COC(=O)CCCCCCCCCCCC)OC(=O)CCCCCCCCCCCCCCCC(C)C. The van der Waals surface area contributed by atoms with Gasteiger partial charge in [0.25, 0.3) is 0 Å². The van der Waals surface area contributed by atoms with Crippen LogP contribution in [-0.2, 0) is 65.4 Å². The van der Waals surface area contributed by atoms with Gasteiger partial charge < -0.3 is 33.8 Å². The lowest BCUT2D eigenvalue weighted by atomic mass is 10.0. The van der Waals surface area contributed by atoms with Gasteiger partial charge in [-0.25, -0.2) is 9.13 Å². The van der Waals surface area contributed by atoms with E-state index in [9.17, 15) is 43.2 Å². The summed E-state index contributed by atoms with van der Waals surface area (Å²) in [5.74, 6) is -1.31. The Morgan fingerprint density at radius 1 is 0.257 bits per heavy atom. The van der Waals surface area contributed by atoms with Crippen LogP contribution in [0.15, 0.2) is 0 Å². The van der Waals surface area contributed by atoms with Gasteiger partial charge in [-0.15, -0.1) is 0 Å². The fraction of sp³-hybridized carbons (Fsp3) is 0.953. The van der Waals surface area contributed by atoms with Crippen molar-refractivity contribution in [1.82, 2.24) is 0 Å². The van der Waals surface area contributed by atoms with Crippen molar-refractivity contribution in [2.45, 2.75) is 483 Å². The van der Waals surface area contributed by atoms with Gasteiger partial charge in [-0.3, -0.25) is 37.3 Å². The van der Waals surface area contributed by atoms with Crippen molar-refractivity contribution in [3.8, 4) is 0 Å². The number of ether oxygens (including phenoxy) is 4. The van der Waals surface area contributed by atoms with Gasteiger partial charge >= 0.3 is 39.5 Å². The molecule has 0 aliphatic carbocycles. The topological polar surface area (TPSA) is 237 Å². The number of hydrogen-bond donors (Lipinski definition) is 3. The molecule has 0 bridgehead atoms. The second kappa shape index (κ2) is 78.7. The molecule has 0 aromatic rings. The van der Waals surface area contributed by atoms with Crippen molar-refractivity contribution in [1.29, 1.82) is 0 Å². The molecule has 0 aromatic carbocycles. The van der Waals surface area contributed by atoms with Gasteiger partial charge in [0.2, 0.25) is 0 Å². The first kappa shape index (κ1) is 103. The molecular formula is C86H168O17P2. The number of aliphatic hydroxyl groups excluding tert-OH is 1. The maximum atomic E-state index is 13.1. The van der Waals surface area contributed by atoms with E-state index in [1.54, 1.807) is 0 Å². The Labute approximate surface area is 645 Å². The highest BCUT2D eigenvalue weighted by Crippen LogP contribution is 2.45. The summed E-state index contributed by atoms with van der Waals surface area (Å²) < 4.78 is 68.9. The second-order valence-corrected chi connectivity index (χ2v) is 34.3. The summed E-state index contributed by atoms with van der Waals surface area (Å²) in [6.45, 7) is 7.37. The maximum Gasteiger partial charge on any atom is 0.472 e. The number of rotatable bonds is 86. The van der Waals surface area contributed by atoms with E-state index >= 15 is 0 Å². The lowest BCUT2D eigenvalue weighted by Gasteiger charge is -2.21. The van der Waals surface area contributed by atoms with Crippen LogP contribution in [0.4, 0.5) is 0 Å². The average molecular weight is 1540 g/mol. The molecule has 0 radical (unpaired) electrons. The molecule has 19 heteroatoms. The first-order valence-electron chi connectivity index (χ1n) is 44.6. The first-order valence-corrected chi connectivity index (χ1v) is 47.6. The van der Waals surface area contributed by atoms with Gasteiger partial charge in [0.05, 0.1) is 26.4 Å². The highest BCUT2D eigenvalue weighted by molar-refractivity contribution is 7.47. The van der Waals surface area contributed by atoms with Crippen molar-refractivity contribution < 1.29 is 80.2 Å². The third kappa shape index (κ3) is 79.9. The molecule has 624 valence electrons. The van der Waals surface area contributed by atoms with Crippen LogP contribution in [0.25, 0.3) is 0 Å². The summed E-state index contributed by atoms with van der Waals surface area (Å²) in [7, 11) is -9.93. The number of esters is 4. The molecule has 0 aromatic heterocycles. The van der Waals surface area contributed by atoms with Crippen LogP contribution in [0.2, 0.25) is 0 Å². The number of phosphoric acid groups is 2. The number of carbonyl (C=O) groups excluding carboxylic acids is 4. The summed E-state index contributed by atoms with van der Waals surface area (Å²) in [6, 6.07) is 0. The van der Waals surface area contributed by atoms with Gasteiger partial charge in [-0.1, -0.05) is 413 Å². The van der Waals surface area contributed by atoms with E-state index in [-0.39, 0.29) is 25.7 Å². The van der Waals surface area contributed by atoms with Gasteiger partial charge in [-0.2, -0.15) is 0 Å². The van der Waals surface area contributed by atoms with Crippen molar-refractivity contribution >= 4 is 39.5 Å². The van der Waals surface area contributed by atoms with Gasteiger partial charge in [-0.05, 0) is 31.6 Å². The Balaban J connectivity index is 5.22. The van der Waals surface area contributed by atoms with Crippen LogP contribution >= 0.6 is 15.6 Å². The average Bonchev–Trinajstić information content (AvgIpc) is 0.910. The summed E-state index contributed by atoms with van der Waals surface area (Å²) in [5, 5.41) is 10.7. The van der Waals surface area contributed by atoms with E-state index in [4.69, 9.17) is 37.0 Å². The molecule has 2 unspecified atom stereocenters. The molecule has 0 saturated heterocycles. The van der Waals surface area contributed by atoms with E-state index in [1.165, 1.54) is 289 Å². The molecule has 0 amide bonds. The van der Waals surface area contributed by atoms with E-state index in [0.717, 1.165) is 95.8 Å². The molecule has 0 aliphatic rings. The summed E-state index contributed by atoms with van der Waals surface area (Å²) in [4.78, 5) is 73.2. The quantitative estimate of drug-likeness (QED) is 0.0222.